The number of hydrogen-bond donors (Lipinski definition) is 1. The summed E-state index contributed by atoms with van der Waals surface area (Å²) >= 11 is 0. The number of halogens is 1. The van der Waals surface area contributed by atoms with E-state index < -0.39 is 0 Å². The van der Waals surface area contributed by atoms with Crippen LogP contribution in [0.15, 0.2) is 48.7 Å². The Labute approximate surface area is 215 Å². The smallest absolute Gasteiger partial charge is 0.134 e. The first-order valence-corrected chi connectivity index (χ1v) is 14.1. The zero-order valence-electron chi connectivity index (χ0n) is 21.7. The van der Waals surface area contributed by atoms with Crippen LogP contribution < -0.4 is 5.73 Å². The Bertz CT molecular complexity index is 1180. The lowest BCUT2D eigenvalue weighted by atomic mass is 9.80. The lowest BCUT2D eigenvalue weighted by Crippen LogP contribution is -2.27. The molecule has 2 N–H and O–H groups in total. The van der Waals surface area contributed by atoms with Crippen LogP contribution in [-0.2, 0) is 11.3 Å². The summed E-state index contributed by atoms with van der Waals surface area (Å²) in [7, 11) is 0. The second kappa shape index (κ2) is 11.3. The molecule has 0 spiro atoms. The Morgan fingerprint density at radius 1 is 1.00 bits per heavy atom. The normalized spacial score (nSPS) is 22.1. The van der Waals surface area contributed by atoms with Crippen LogP contribution in [0.2, 0.25) is 0 Å². The Morgan fingerprint density at radius 2 is 1.78 bits per heavy atom. The van der Waals surface area contributed by atoms with E-state index in [1.165, 1.54) is 37.7 Å². The molecular weight excluding hydrogens is 447 g/mol. The second-order valence-electron chi connectivity index (χ2n) is 11.6. The predicted octanol–water partition coefficient (Wildman–Crippen LogP) is 7.67. The second-order valence-corrected chi connectivity index (χ2v) is 11.6. The van der Waals surface area contributed by atoms with Crippen LogP contribution in [0.1, 0.15) is 93.2 Å². The molecule has 2 aliphatic rings. The van der Waals surface area contributed by atoms with Gasteiger partial charge in [-0.1, -0.05) is 49.1 Å². The van der Waals surface area contributed by atoms with Crippen molar-refractivity contribution < 1.29 is 9.18 Å². The highest BCUT2D eigenvalue weighted by atomic mass is 19.1. The van der Waals surface area contributed by atoms with Gasteiger partial charge in [0.25, 0.3) is 0 Å². The summed E-state index contributed by atoms with van der Waals surface area (Å²) in [5.41, 5.74) is 10.6. The van der Waals surface area contributed by atoms with Gasteiger partial charge in [-0.15, -0.1) is 0 Å². The molecule has 0 aliphatic heterocycles. The summed E-state index contributed by atoms with van der Waals surface area (Å²) in [6.07, 6.45) is 13.9. The van der Waals surface area contributed by atoms with Gasteiger partial charge < -0.3 is 10.3 Å². The third kappa shape index (κ3) is 5.91. The monoisotopic (exact) mass is 488 g/mol. The van der Waals surface area contributed by atoms with Crippen molar-refractivity contribution in [3.05, 3.63) is 71.2 Å². The van der Waals surface area contributed by atoms with Crippen LogP contribution in [0.25, 0.3) is 10.9 Å². The molecule has 4 heteroatoms. The fourth-order valence-corrected chi connectivity index (χ4v) is 6.69. The molecule has 192 valence electrons. The van der Waals surface area contributed by atoms with Crippen LogP contribution in [0.3, 0.4) is 0 Å². The molecule has 0 saturated heterocycles. The standard InChI is InChI=1S/C32H41FN2O/c1-22-6-5-9-25(16-22)29(19-28(36)17-23-10-13-27(34)14-11-23)31-21-35(20-24-7-3-2-4-8-24)32-15-12-26(33)18-30(31)32/h5-6,9,12,15-16,18,21,23-24,27,29H,2-4,7-8,10-11,13-14,17,19-20,34H2,1H3. The van der Waals surface area contributed by atoms with Crippen molar-refractivity contribution >= 4 is 16.7 Å². The van der Waals surface area contributed by atoms with Crippen molar-refractivity contribution in [3.8, 4) is 0 Å². The number of ketones is 1. The predicted molar refractivity (Wildman–Crippen MR) is 146 cm³/mol. The third-order valence-electron chi connectivity index (χ3n) is 8.71. The van der Waals surface area contributed by atoms with Gasteiger partial charge >= 0.3 is 0 Å². The summed E-state index contributed by atoms with van der Waals surface area (Å²) in [5.74, 6) is 1.14. The van der Waals surface area contributed by atoms with Crippen molar-refractivity contribution in [1.29, 1.82) is 0 Å². The topological polar surface area (TPSA) is 48.0 Å². The van der Waals surface area contributed by atoms with Crippen molar-refractivity contribution in [2.75, 3.05) is 0 Å². The van der Waals surface area contributed by atoms with Crippen molar-refractivity contribution in [1.82, 2.24) is 4.57 Å². The molecule has 2 aliphatic carbocycles. The Morgan fingerprint density at radius 3 is 2.53 bits per heavy atom. The van der Waals surface area contributed by atoms with Gasteiger partial charge in [0, 0.05) is 48.4 Å². The van der Waals surface area contributed by atoms with Gasteiger partial charge in [0.05, 0.1) is 0 Å². The molecule has 2 fully saturated rings. The van der Waals surface area contributed by atoms with E-state index in [-0.39, 0.29) is 11.7 Å². The van der Waals surface area contributed by atoms with Gasteiger partial charge in [-0.05, 0) is 86.6 Å². The molecular formula is C32H41FN2O. The number of nitrogens with zero attached hydrogens (tertiary/aromatic N) is 1. The molecule has 2 aromatic carbocycles. The number of fused-ring (bicyclic) bond motifs is 1. The molecule has 2 saturated carbocycles. The maximum Gasteiger partial charge on any atom is 0.134 e. The molecule has 3 nitrogen and oxygen atoms in total. The minimum Gasteiger partial charge on any atom is -0.347 e. The Balaban J connectivity index is 1.48. The average Bonchev–Trinajstić information content (AvgIpc) is 3.21. The summed E-state index contributed by atoms with van der Waals surface area (Å²) < 4.78 is 16.9. The summed E-state index contributed by atoms with van der Waals surface area (Å²) in [4.78, 5) is 13.4. The fourth-order valence-electron chi connectivity index (χ4n) is 6.69. The number of carbonyl (C=O) groups is 1. The summed E-state index contributed by atoms with van der Waals surface area (Å²) in [6.45, 7) is 3.07. The fraction of sp³-hybridized carbons (Fsp3) is 0.531. The molecule has 1 unspecified atom stereocenters. The molecule has 1 heterocycles. The maximum absolute atomic E-state index is 14.5. The molecule has 0 radical (unpaired) electrons. The van der Waals surface area contributed by atoms with E-state index in [9.17, 15) is 9.18 Å². The SMILES string of the molecule is Cc1cccc(C(CC(=O)CC2CCC(N)CC2)c2cn(CC3CCCCC3)c3ccc(F)cc23)c1. The number of aryl methyl sites for hydroxylation is 1. The minimum absolute atomic E-state index is 0.0693. The minimum atomic E-state index is -0.216. The lowest BCUT2D eigenvalue weighted by Gasteiger charge is -2.26. The molecule has 36 heavy (non-hydrogen) atoms. The molecule has 5 rings (SSSR count). The highest BCUT2D eigenvalue weighted by Gasteiger charge is 2.27. The molecule has 0 amide bonds. The number of aromatic nitrogens is 1. The van der Waals surface area contributed by atoms with Gasteiger partial charge in [-0.3, -0.25) is 4.79 Å². The van der Waals surface area contributed by atoms with Gasteiger partial charge in [-0.2, -0.15) is 0 Å². The third-order valence-corrected chi connectivity index (χ3v) is 8.71. The van der Waals surface area contributed by atoms with Crippen LogP contribution in [0.4, 0.5) is 4.39 Å². The van der Waals surface area contributed by atoms with Gasteiger partial charge in [0.2, 0.25) is 0 Å². The maximum atomic E-state index is 14.5. The number of carbonyl (C=O) groups excluding carboxylic acids is 1. The largest absolute Gasteiger partial charge is 0.347 e. The molecule has 3 aromatic rings. The van der Waals surface area contributed by atoms with E-state index in [2.05, 4.69) is 42.0 Å². The number of benzene rings is 2. The van der Waals surface area contributed by atoms with Crippen molar-refractivity contribution in [2.45, 2.75) is 96.1 Å². The zero-order valence-corrected chi connectivity index (χ0v) is 21.7. The number of nitrogens with two attached hydrogens (primary N) is 1. The van der Waals surface area contributed by atoms with Crippen LogP contribution in [-0.4, -0.2) is 16.4 Å². The van der Waals surface area contributed by atoms with E-state index in [0.29, 0.717) is 36.5 Å². The lowest BCUT2D eigenvalue weighted by molar-refractivity contribution is -0.120. The van der Waals surface area contributed by atoms with Gasteiger partial charge in [0.1, 0.15) is 11.6 Å². The van der Waals surface area contributed by atoms with E-state index in [4.69, 9.17) is 5.73 Å². The first-order valence-electron chi connectivity index (χ1n) is 14.1. The van der Waals surface area contributed by atoms with E-state index >= 15 is 0 Å². The number of hydrogen-bond acceptors (Lipinski definition) is 2. The van der Waals surface area contributed by atoms with Crippen LogP contribution >= 0.6 is 0 Å². The van der Waals surface area contributed by atoms with Gasteiger partial charge in [-0.25, -0.2) is 4.39 Å². The Hall–Kier alpha value is -2.46. The zero-order chi connectivity index (χ0) is 25.1. The highest BCUT2D eigenvalue weighted by Crippen LogP contribution is 2.38. The molecule has 0 bridgehead atoms. The molecule has 1 atom stereocenters. The Kier molecular flexibility index (Phi) is 7.90. The van der Waals surface area contributed by atoms with E-state index in [1.807, 2.05) is 6.07 Å². The first kappa shape index (κ1) is 25.2. The van der Waals surface area contributed by atoms with Gasteiger partial charge in [0.15, 0.2) is 0 Å². The van der Waals surface area contributed by atoms with Crippen molar-refractivity contribution in [2.24, 2.45) is 17.6 Å². The quantitative estimate of drug-likeness (QED) is 0.354. The number of Topliss-reactive ketones (excluding diaryl/α,β-unsaturated/α-hetero) is 1. The van der Waals surface area contributed by atoms with Crippen LogP contribution in [0.5, 0.6) is 0 Å². The highest BCUT2D eigenvalue weighted by molar-refractivity contribution is 5.87. The summed E-state index contributed by atoms with van der Waals surface area (Å²) in [6, 6.07) is 14.0. The van der Waals surface area contributed by atoms with Crippen molar-refractivity contribution in [3.63, 3.8) is 0 Å². The van der Waals surface area contributed by atoms with E-state index in [0.717, 1.165) is 54.3 Å². The molecule has 1 aromatic heterocycles. The average molecular weight is 489 g/mol. The number of rotatable bonds is 8. The first-order chi connectivity index (χ1) is 17.5. The van der Waals surface area contributed by atoms with E-state index in [1.54, 1.807) is 12.1 Å². The summed E-state index contributed by atoms with van der Waals surface area (Å²) in [5, 5.41) is 0.953. The van der Waals surface area contributed by atoms with Crippen LogP contribution in [0, 0.1) is 24.6 Å².